The SMILES string of the molecule is CCCCCCCCCCC(CCCCCCCC)CN1C(=O)C(c2ccc(C)cc2)=c2ccc3c4c(ccc3c21)=C(c1ccc(-c2cc3c(OCC(CC)CCCC)c5sc(C)cc5c(OCC(CC)CCCCC)c3s2)cc1)C(=O)N4CC(CCCCCCCC)CCCCCCCCCC. The fourth-order valence-corrected chi connectivity index (χ4v) is 19.1. The molecule has 7 aromatic rings. The molecule has 5 aromatic carbocycles. The number of nitrogens with zero attached hydrogens (tertiary/aromatic N) is 2. The zero-order valence-electron chi connectivity index (χ0n) is 66.6. The van der Waals surface area contributed by atoms with E-state index in [0.29, 0.717) is 50.0 Å². The van der Waals surface area contributed by atoms with Gasteiger partial charge in [-0.3, -0.25) is 9.59 Å². The molecular formula is C95H138N2O4S2. The summed E-state index contributed by atoms with van der Waals surface area (Å²) < 4.78 is 16.7. The second-order valence-corrected chi connectivity index (χ2v) is 34.1. The number of ether oxygens (including phenoxy) is 2. The Labute approximate surface area is 634 Å². The number of fused-ring (bicyclic) bond motifs is 7. The summed E-state index contributed by atoms with van der Waals surface area (Å²) in [6, 6.07) is 31.5. The highest BCUT2D eigenvalue weighted by Gasteiger charge is 2.38. The maximum Gasteiger partial charge on any atom is 0.259 e. The van der Waals surface area contributed by atoms with Gasteiger partial charge >= 0.3 is 0 Å². The maximum atomic E-state index is 16.3. The lowest BCUT2D eigenvalue weighted by atomic mass is 9.92. The molecule has 0 saturated carbocycles. The number of thiophene rings is 2. The van der Waals surface area contributed by atoms with E-state index in [2.05, 4.69) is 164 Å². The van der Waals surface area contributed by atoms with E-state index in [0.717, 1.165) is 121 Å². The third kappa shape index (κ3) is 22.6. The Bertz CT molecular complexity index is 3820. The number of carbonyl (C=O) groups is 2. The Balaban J connectivity index is 1.15. The summed E-state index contributed by atoms with van der Waals surface area (Å²) in [7, 11) is 0. The van der Waals surface area contributed by atoms with Crippen molar-refractivity contribution in [1.82, 2.24) is 0 Å². The van der Waals surface area contributed by atoms with Crippen LogP contribution in [0.5, 0.6) is 11.5 Å². The van der Waals surface area contributed by atoms with Crippen molar-refractivity contribution in [2.75, 3.05) is 36.1 Å². The minimum atomic E-state index is 0.106. The zero-order valence-corrected chi connectivity index (χ0v) is 68.2. The molecule has 0 N–H and O–H groups in total. The zero-order chi connectivity index (χ0) is 72.7. The molecule has 8 heteroatoms. The van der Waals surface area contributed by atoms with Gasteiger partial charge in [-0.1, -0.05) is 358 Å². The summed E-state index contributed by atoms with van der Waals surface area (Å²) in [4.78, 5) is 39.0. The van der Waals surface area contributed by atoms with Crippen LogP contribution in [0.2, 0.25) is 0 Å². The van der Waals surface area contributed by atoms with Crippen LogP contribution in [-0.4, -0.2) is 38.1 Å². The summed E-state index contributed by atoms with van der Waals surface area (Å²) in [5.74, 6) is 4.01. The predicted molar refractivity (Wildman–Crippen MR) is 451 cm³/mol. The Morgan fingerprint density at radius 1 is 0.340 bits per heavy atom. The number of aryl methyl sites for hydroxylation is 2. The minimum Gasteiger partial charge on any atom is -0.491 e. The number of hydrogen-bond donors (Lipinski definition) is 0. The maximum absolute atomic E-state index is 16.3. The van der Waals surface area contributed by atoms with E-state index in [1.165, 1.54) is 250 Å². The summed E-state index contributed by atoms with van der Waals surface area (Å²) >= 11 is 3.66. The van der Waals surface area contributed by atoms with Crippen LogP contribution >= 0.6 is 22.7 Å². The molecule has 4 atom stereocenters. The number of carbonyl (C=O) groups excluding carboxylic acids is 2. The first kappa shape index (κ1) is 81.6. The first-order valence-corrected chi connectivity index (χ1v) is 44.5. The van der Waals surface area contributed by atoms with Gasteiger partial charge in [-0.2, -0.15) is 0 Å². The number of amides is 2. The van der Waals surface area contributed by atoms with Crippen molar-refractivity contribution < 1.29 is 19.1 Å². The van der Waals surface area contributed by atoms with Gasteiger partial charge in [0.1, 0.15) is 11.5 Å². The number of anilines is 2. The number of rotatable bonds is 54. The monoisotopic (exact) mass is 1440 g/mol. The summed E-state index contributed by atoms with van der Waals surface area (Å²) in [6.07, 6.45) is 51.2. The van der Waals surface area contributed by atoms with Gasteiger partial charge in [-0.25, -0.2) is 0 Å². The van der Waals surface area contributed by atoms with Gasteiger partial charge in [0.2, 0.25) is 0 Å². The highest BCUT2D eigenvalue weighted by atomic mass is 32.1. The fourth-order valence-electron chi connectivity index (χ4n) is 16.9. The smallest absolute Gasteiger partial charge is 0.259 e. The highest BCUT2D eigenvalue weighted by molar-refractivity contribution is 7.23. The number of hydrogen-bond acceptors (Lipinski definition) is 6. The molecule has 103 heavy (non-hydrogen) atoms. The van der Waals surface area contributed by atoms with Crippen LogP contribution in [0.25, 0.3) is 52.5 Å². The molecule has 4 unspecified atom stereocenters. The van der Waals surface area contributed by atoms with Crippen LogP contribution in [0.3, 0.4) is 0 Å². The molecular weight excluding hydrogens is 1300 g/mol. The van der Waals surface area contributed by atoms with Crippen molar-refractivity contribution in [3.05, 3.63) is 117 Å². The first-order chi connectivity index (χ1) is 50.5. The third-order valence-corrected chi connectivity index (χ3v) is 25.7. The van der Waals surface area contributed by atoms with Crippen molar-refractivity contribution in [2.45, 2.75) is 332 Å². The van der Waals surface area contributed by atoms with E-state index in [-0.39, 0.29) is 11.8 Å². The van der Waals surface area contributed by atoms with E-state index in [1.807, 2.05) is 22.7 Å². The van der Waals surface area contributed by atoms with Gasteiger partial charge < -0.3 is 19.3 Å². The lowest BCUT2D eigenvalue weighted by molar-refractivity contribution is -0.114. The molecule has 9 rings (SSSR count). The van der Waals surface area contributed by atoms with Crippen LogP contribution in [0, 0.1) is 37.5 Å². The molecule has 4 heterocycles. The molecule has 0 radical (unpaired) electrons. The van der Waals surface area contributed by atoms with Gasteiger partial charge in [0.05, 0.1) is 45.1 Å². The standard InChI is InChI=1S/C95H138N2O4S2/c1-11-19-25-29-33-35-39-44-50-74(48-42-37-31-27-21-13-3)66-96-88-79-61-63-82-87(78-58-56-76(57-59-78)85-65-84-91(101-68-72(17-7)46-24-16-6)92-83(64-71(10)102-92)90(93(84)103-85)100-69-73(18-8)47-41-23-15-5)95(99)97(67-75(49-43-38-32-28-22-14-4)51-45-40-36-34-30-26-20-12-2)89(82)80(79)60-62-81(88)86(94(96)98)77-54-52-70(9)53-55-77/h52-65,72-75H,11-51,66-69H2,1-10H3. The molecule has 564 valence electrons. The average Bonchev–Trinajstić information content (AvgIpc) is 1.56. The molecule has 6 nitrogen and oxygen atoms in total. The average molecular weight is 1440 g/mol. The molecule has 0 spiro atoms. The van der Waals surface area contributed by atoms with Gasteiger partial charge in [0.15, 0.2) is 0 Å². The minimum absolute atomic E-state index is 0.106. The van der Waals surface area contributed by atoms with Crippen LogP contribution in [0.1, 0.15) is 340 Å². The van der Waals surface area contributed by atoms with Crippen LogP contribution < -0.4 is 29.7 Å². The number of unbranched alkanes of at least 4 members (excludes halogenated alkanes) is 27. The third-order valence-electron chi connectivity index (χ3n) is 23.4. The Morgan fingerprint density at radius 2 is 0.670 bits per heavy atom. The summed E-state index contributed by atoms with van der Waals surface area (Å²) in [5, 5.41) is 6.52. The molecule has 2 aromatic heterocycles. The molecule has 0 saturated heterocycles. The summed E-state index contributed by atoms with van der Waals surface area (Å²) in [6.45, 7) is 25.6. The van der Waals surface area contributed by atoms with Crippen LogP contribution in [0.15, 0.2) is 84.9 Å². The second-order valence-electron chi connectivity index (χ2n) is 31.8. The molecule has 0 bridgehead atoms. The van der Waals surface area contributed by atoms with Gasteiger partial charge in [0.25, 0.3) is 11.8 Å². The quantitative estimate of drug-likeness (QED) is 0.0357. The van der Waals surface area contributed by atoms with Crippen molar-refractivity contribution in [1.29, 1.82) is 0 Å². The lowest BCUT2D eigenvalue weighted by Gasteiger charge is -2.28. The fraction of sp³-hybridized carbons (Fsp3) is 0.621. The molecule has 0 aliphatic carbocycles. The van der Waals surface area contributed by atoms with E-state index in [9.17, 15) is 0 Å². The first-order valence-electron chi connectivity index (χ1n) is 42.9. The second kappa shape index (κ2) is 44.0. The van der Waals surface area contributed by atoms with Crippen LogP contribution in [0.4, 0.5) is 11.4 Å². The van der Waals surface area contributed by atoms with Crippen molar-refractivity contribution >= 4 is 88.0 Å². The van der Waals surface area contributed by atoms with Crippen molar-refractivity contribution in [3.63, 3.8) is 0 Å². The van der Waals surface area contributed by atoms with Crippen molar-refractivity contribution in [3.8, 4) is 21.9 Å². The predicted octanol–water partition coefficient (Wildman–Crippen LogP) is 28.0. The highest BCUT2D eigenvalue weighted by Crippen LogP contribution is 2.52. The van der Waals surface area contributed by atoms with Gasteiger partial charge in [0, 0.05) is 54.8 Å². The van der Waals surface area contributed by atoms with E-state index in [4.69, 9.17) is 9.47 Å². The van der Waals surface area contributed by atoms with E-state index in [1.54, 1.807) is 0 Å². The lowest BCUT2D eigenvalue weighted by Crippen LogP contribution is -2.34. The molecule has 2 aliphatic rings. The van der Waals surface area contributed by atoms with Crippen LogP contribution in [-0.2, 0) is 9.59 Å². The largest absolute Gasteiger partial charge is 0.491 e. The Hall–Kier alpha value is -5.44. The summed E-state index contributed by atoms with van der Waals surface area (Å²) in [5.41, 5.74) is 7.92. The number of benzene rings is 5. The molecule has 2 aliphatic heterocycles. The topological polar surface area (TPSA) is 59.1 Å². The molecule has 0 fully saturated rings. The normalized spacial score (nSPS) is 14.3. The van der Waals surface area contributed by atoms with E-state index < -0.39 is 0 Å². The van der Waals surface area contributed by atoms with Gasteiger partial charge in [-0.15, -0.1) is 22.7 Å². The molecule has 2 amide bonds. The Morgan fingerprint density at radius 3 is 1.08 bits per heavy atom. The Kier molecular flexibility index (Phi) is 34.9. The van der Waals surface area contributed by atoms with Crippen molar-refractivity contribution in [2.24, 2.45) is 23.7 Å². The van der Waals surface area contributed by atoms with Gasteiger partial charge in [-0.05, 0) is 105 Å². The van der Waals surface area contributed by atoms with E-state index >= 15 is 9.59 Å².